The van der Waals surface area contributed by atoms with Gasteiger partial charge in [0.25, 0.3) is 0 Å². The SMILES string of the molecule is CC(C)(C)Cc1nn(-c2ccc(C#N)cc2)c(N)c1Cl. The first kappa shape index (κ1) is 14.4. The second-order valence-corrected chi connectivity index (χ2v) is 6.33. The zero-order valence-electron chi connectivity index (χ0n) is 11.8. The Morgan fingerprint density at radius 1 is 1.30 bits per heavy atom. The van der Waals surface area contributed by atoms with Crippen LogP contribution in [0, 0.1) is 16.7 Å². The van der Waals surface area contributed by atoms with E-state index in [4.69, 9.17) is 22.6 Å². The van der Waals surface area contributed by atoms with Gasteiger partial charge in [-0.1, -0.05) is 32.4 Å². The molecule has 0 saturated heterocycles. The Hall–Kier alpha value is -1.99. The summed E-state index contributed by atoms with van der Waals surface area (Å²) in [6.07, 6.45) is 0.749. The average Bonchev–Trinajstić information content (AvgIpc) is 2.65. The third-order valence-corrected chi connectivity index (χ3v) is 3.28. The largest absolute Gasteiger partial charge is 0.382 e. The van der Waals surface area contributed by atoms with Gasteiger partial charge >= 0.3 is 0 Å². The van der Waals surface area contributed by atoms with Crippen molar-refractivity contribution in [2.75, 3.05) is 5.73 Å². The van der Waals surface area contributed by atoms with Crippen molar-refractivity contribution >= 4 is 17.4 Å². The average molecular weight is 289 g/mol. The lowest BCUT2D eigenvalue weighted by molar-refractivity contribution is 0.405. The molecule has 2 aromatic rings. The molecule has 104 valence electrons. The van der Waals surface area contributed by atoms with E-state index in [1.54, 1.807) is 28.9 Å². The standard InChI is InChI=1S/C15H17ClN4/c1-15(2,3)8-12-13(16)14(18)20(19-12)11-6-4-10(9-17)5-7-11/h4-7H,8,18H2,1-3H3. The van der Waals surface area contributed by atoms with Crippen molar-refractivity contribution in [2.45, 2.75) is 27.2 Å². The predicted molar refractivity (Wildman–Crippen MR) is 80.9 cm³/mol. The molecular weight excluding hydrogens is 272 g/mol. The molecule has 5 heteroatoms. The van der Waals surface area contributed by atoms with E-state index in [2.05, 4.69) is 31.9 Å². The minimum absolute atomic E-state index is 0.0833. The van der Waals surface area contributed by atoms with E-state index in [-0.39, 0.29) is 5.41 Å². The minimum atomic E-state index is 0.0833. The highest BCUT2D eigenvalue weighted by Crippen LogP contribution is 2.30. The zero-order valence-corrected chi connectivity index (χ0v) is 12.6. The van der Waals surface area contributed by atoms with Gasteiger partial charge in [-0.15, -0.1) is 0 Å². The molecule has 0 unspecified atom stereocenters. The highest BCUT2D eigenvalue weighted by Gasteiger charge is 2.20. The van der Waals surface area contributed by atoms with Crippen LogP contribution in [-0.2, 0) is 6.42 Å². The number of nitrogen functional groups attached to an aromatic ring is 1. The van der Waals surface area contributed by atoms with E-state index in [1.807, 2.05) is 0 Å². The number of anilines is 1. The lowest BCUT2D eigenvalue weighted by Gasteiger charge is -2.16. The minimum Gasteiger partial charge on any atom is -0.382 e. The maximum atomic E-state index is 8.81. The number of nitrogens with two attached hydrogens (primary N) is 1. The van der Waals surface area contributed by atoms with Crippen LogP contribution in [0.5, 0.6) is 0 Å². The lowest BCUT2D eigenvalue weighted by atomic mass is 9.91. The smallest absolute Gasteiger partial charge is 0.146 e. The summed E-state index contributed by atoms with van der Waals surface area (Å²) >= 11 is 6.27. The number of rotatable bonds is 2. The quantitative estimate of drug-likeness (QED) is 0.918. The summed E-state index contributed by atoms with van der Waals surface area (Å²) in [5, 5.41) is 13.8. The van der Waals surface area contributed by atoms with Crippen LogP contribution < -0.4 is 5.73 Å². The van der Waals surface area contributed by atoms with Gasteiger partial charge in [0.15, 0.2) is 0 Å². The second-order valence-electron chi connectivity index (χ2n) is 5.95. The van der Waals surface area contributed by atoms with Crippen LogP contribution in [0.25, 0.3) is 5.69 Å². The normalized spacial score (nSPS) is 11.3. The van der Waals surface area contributed by atoms with Crippen LogP contribution in [0.4, 0.5) is 5.82 Å². The van der Waals surface area contributed by atoms with Gasteiger partial charge in [-0.2, -0.15) is 10.4 Å². The summed E-state index contributed by atoms with van der Waals surface area (Å²) in [5.74, 6) is 0.427. The van der Waals surface area contributed by atoms with Gasteiger partial charge in [-0.05, 0) is 36.1 Å². The van der Waals surface area contributed by atoms with Crippen LogP contribution in [-0.4, -0.2) is 9.78 Å². The molecule has 2 N–H and O–H groups in total. The Morgan fingerprint density at radius 2 is 1.90 bits per heavy atom. The van der Waals surface area contributed by atoms with Crippen LogP contribution in [0.1, 0.15) is 32.0 Å². The van der Waals surface area contributed by atoms with Crippen molar-refractivity contribution in [3.63, 3.8) is 0 Å². The first-order valence-corrected chi connectivity index (χ1v) is 6.73. The molecule has 1 aromatic carbocycles. The Labute approximate surface area is 123 Å². The molecular formula is C15H17ClN4. The van der Waals surface area contributed by atoms with Gasteiger partial charge in [-0.3, -0.25) is 0 Å². The van der Waals surface area contributed by atoms with Crippen molar-refractivity contribution in [3.8, 4) is 11.8 Å². The van der Waals surface area contributed by atoms with Crippen molar-refractivity contribution in [1.29, 1.82) is 5.26 Å². The molecule has 0 radical (unpaired) electrons. The van der Waals surface area contributed by atoms with E-state index in [0.29, 0.717) is 16.4 Å². The maximum absolute atomic E-state index is 8.81. The first-order chi connectivity index (χ1) is 9.31. The lowest BCUT2D eigenvalue weighted by Crippen LogP contribution is -2.10. The molecule has 0 saturated carbocycles. The van der Waals surface area contributed by atoms with Crippen LogP contribution >= 0.6 is 11.6 Å². The van der Waals surface area contributed by atoms with E-state index in [1.165, 1.54) is 0 Å². The Bertz CT molecular complexity index is 657. The molecule has 0 spiro atoms. The summed E-state index contributed by atoms with van der Waals surface area (Å²) in [7, 11) is 0. The molecule has 0 aliphatic carbocycles. The number of nitriles is 1. The third-order valence-electron chi connectivity index (χ3n) is 2.87. The van der Waals surface area contributed by atoms with Gasteiger partial charge in [0.2, 0.25) is 0 Å². The Kier molecular flexibility index (Phi) is 3.74. The number of halogens is 1. The van der Waals surface area contributed by atoms with Gasteiger partial charge in [0.05, 0.1) is 23.0 Å². The number of hydrogen-bond acceptors (Lipinski definition) is 3. The summed E-state index contributed by atoms with van der Waals surface area (Å²) in [5.41, 5.74) is 8.30. The van der Waals surface area contributed by atoms with Crippen molar-refractivity contribution in [2.24, 2.45) is 5.41 Å². The first-order valence-electron chi connectivity index (χ1n) is 6.35. The van der Waals surface area contributed by atoms with Crippen LogP contribution in [0.15, 0.2) is 24.3 Å². The number of benzene rings is 1. The van der Waals surface area contributed by atoms with Crippen LogP contribution in [0.2, 0.25) is 5.02 Å². The summed E-state index contributed by atoms with van der Waals surface area (Å²) in [6, 6.07) is 9.15. The summed E-state index contributed by atoms with van der Waals surface area (Å²) in [4.78, 5) is 0. The third kappa shape index (κ3) is 2.94. The molecule has 1 aromatic heterocycles. The summed E-state index contributed by atoms with van der Waals surface area (Å²) in [6.45, 7) is 6.38. The van der Waals surface area contributed by atoms with E-state index >= 15 is 0 Å². The zero-order chi connectivity index (χ0) is 14.9. The van der Waals surface area contributed by atoms with E-state index in [9.17, 15) is 0 Å². The topological polar surface area (TPSA) is 67.6 Å². The van der Waals surface area contributed by atoms with Gasteiger partial charge in [-0.25, -0.2) is 4.68 Å². The number of hydrogen-bond donors (Lipinski definition) is 1. The van der Waals surface area contributed by atoms with E-state index in [0.717, 1.165) is 17.8 Å². The van der Waals surface area contributed by atoms with Gasteiger partial charge < -0.3 is 5.73 Å². The highest BCUT2D eigenvalue weighted by atomic mass is 35.5. The van der Waals surface area contributed by atoms with Gasteiger partial charge in [0, 0.05) is 0 Å². The van der Waals surface area contributed by atoms with Gasteiger partial charge in [0.1, 0.15) is 10.8 Å². The molecule has 0 fully saturated rings. The molecule has 1 heterocycles. The Morgan fingerprint density at radius 3 is 2.40 bits per heavy atom. The molecule has 2 rings (SSSR count). The number of nitrogens with zero attached hydrogens (tertiary/aromatic N) is 3. The van der Waals surface area contributed by atoms with Crippen molar-refractivity contribution < 1.29 is 0 Å². The predicted octanol–water partition coefficient (Wildman–Crippen LogP) is 3.57. The molecule has 0 aliphatic rings. The van der Waals surface area contributed by atoms with Crippen molar-refractivity contribution in [3.05, 3.63) is 40.5 Å². The molecule has 0 aliphatic heterocycles. The van der Waals surface area contributed by atoms with E-state index < -0.39 is 0 Å². The molecule has 0 amide bonds. The van der Waals surface area contributed by atoms with Crippen molar-refractivity contribution in [1.82, 2.24) is 9.78 Å². The Balaban J connectivity index is 2.42. The fourth-order valence-corrected chi connectivity index (χ4v) is 2.13. The maximum Gasteiger partial charge on any atom is 0.146 e. The summed E-state index contributed by atoms with van der Waals surface area (Å²) < 4.78 is 1.62. The molecule has 4 nitrogen and oxygen atoms in total. The molecule has 20 heavy (non-hydrogen) atoms. The monoisotopic (exact) mass is 288 g/mol. The molecule has 0 bridgehead atoms. The fourth-order valence-electron chi connectivity index (χ4n) is 1.95. The fraction of sp³-hybridized carbons (Fsp3) is 0.333. The van der Waals surface area contributed by atoms with Crippen LogP contribution in [0.3, 0.4) is 0 Å². The molecule has 0 atom stereocenters. The number of aromatic nitrogens is 2. The highest BCUT2D eigenvalue weighted by molar-refractivity contribution is 6.33. The second kappa shape index (κ2) is 5.18.